The maximum Gasteiger partial charge on any atom is 0.315 e. The van der Waals surface area contributed by atoms with Crippen LogP contribution in [0.3, 0.4) is 0 Å². The minimum atomic E-state index is -0.620. The van der Waals surface area contributed by atoms with Crippen LogP contribution in [0, 0.1) is 0 Å². The Morgan fingerprint density at radius 2 is 2.06 bits per heavy atom. The number of esters is 1. The molecule has 0 amide bonds. The molecule has 6 nitrogen and oxygen atoms in total. The molecule has 6 heteroatoms. The van der Waals surface area contributed by atoms with Gasteiger partial charge in [-0.1, -0.05) is 5.16 Å². The first-order chi connectivity index (χ1) is 7.99. The standard InChI is InChI=1S/C11H18N2O4/c1-5-15-9(14)7-8-12-10(13-17-8)11(3,4)16-6-2/h5-7H2,1-4H3. The van der Waals surface area contributed by atoms with Gasteiger partial charge in [-0.15, -0.1) is 0 Å². The Hall–Kier alpha value is -1.43. The molecule has 1 rings (SSSR count). The summed E-state index contributed by atoms with van der Waals surface area (Å²) in [4.78, 5) is 15.3. The molecule has 0 saturated carbocycles. The van der Waals surface area contributed by atoms with E-state index in [0.717, 1.165) is 0 Å². The van der Waals surface area contributed by atoms with Crippen LogP contribution >= 0.6 is 0 Å². The molecule has 0 fully saturated rings. The van der Waals surface area contributed by atoms with Gasteiger partial charge in [0.05, 0.1) is 6.61 Å². The molecule has 0 atom stereocenters. The fourth-order valence-electron chi connectivity index (χ4n) is 1.33. The van der Waals surface area contributed by atoms with Crippen molar-refractivity contribution < 1.29 is 18.8 Å². The first-order valence-electron chi connectivity index (χ1n) is 5.62. The number of hydrogen-bond donors (Lipinski definition) is 0. The van der Waals surface area contributed by atoms with Crippen LogP contribution in [-0.2, 0) is 26.3 Å². The molecule has 0 saturated heterocycles. The van der Waals surface area contributed by atoms with E-state index in [2.05, 4.69) is 10.1 Å². The molecule has 1 aromatic rings. The average Bonchev–Trinajstić information content (AvgIpc) is 2.67. The van der Waals surface area contributed by atoms with E-state index in [1.54, 1.807) is 6.92 Å². The Morgan fingerprint density at radius 3 is 2.65 bits per heavy atom. The van der Waals surface area contributed by atoms with Crippen LogP contribution < -0.4 is 0 Å². The maximum absolute atomic E-state index is 11.2. The van der Waals surface area contributed by atoms with Gasteiger partial charge in [-0.05, 0) is 27.7 Å². The Morgan fingerprint density at radius 1 is 1.35 bits per heavy atom. The molecule has 1 heterocycles. The Labute approximate surface area is 100 Å². The Kier molecular flexibility index (Phi) is 4.62. The zero-order valence-electron chi connectivity index (χ0n) is 10.6. The molecule has 0 aromatic carbocycles. The van der Waals surface area contributed by atoms with Gasteiger partial charge >= 0.3 is 5.97 Å². The summed E-state index contributed by atoms with van der Waals surface area (Å²) in [6.07, 6.45) is -0.0109. The molecule has 0 bridgehead atoms. The summed E-state index contributed by atoms with van der Waals surface area (Å²) in [5.74, 6) is 0.293. The molecule has 0 aliphatic rings. The second kappa shape index (κ2) is 5.77. The molecule has 96 valence electrons. The number of nitrogens with zero attached hydrogens (tertiary/aromatic N) is 2. The SMILES string of the molecule is CCOC(=O)Cc1nc(C(C)(C)OCC)no1. The van der Waals surface area contributed by atoms with Crippen LogP contribution in [0.5, 0.6) is 0 Å². The third-order valence-electron chi connectivity index (χ3n) is 2.11. The summed E-state index contributed by atoms with van der Waals surface area (Å²) in [7, 11) is 0. The summed E-state index contributed by atoms with van der Waals surface area (Å²) in [5.41, 5.74) is -0.620. The van der Waals surface area contributed by atoms with Gasteiger partial charge < -0.3 is 14.0 Å². The number of ether oxygens (including phenoxy) is 2. The first kappa shape index (κ1) is 13.6. The second-order valence-electron chi connectivity index (χ2n) is 3.94. The second-order valence-corrected chi connectivity index (χ2v) is 3.94. The Bertz CT molecular complexity index is 373. The molecule has 0 unspecified atom stereocenters. The molecule has 0 aliphatic heterocycles. The first-order valence-corrected chi connectivity index (χ1v) is 5.62. The summed E-state index contributed by atoms with van der Waals surface area (Å²) >= 11 is 0. The van der Waals surface area contributed by atoms with Crippen molar-refractivity contribution in [3.8, 4) is 0 Å². The number of carbonyl (C=O) groups excluding carboxylic acids is 1. The van der Waals surface area contributed by atoms with Gasteiger partial charge in [-0.2, -0.15) is 4.98 Å². The van der Waals surface area contributed by atoms with Gasteiger partial charge in [0, 0.05) is 6.61 Å². The number of carbonyl (C=O) groups is 1. The van der Waals surface area contributed by atoms with Crippen LogP contribution in [0.1, 0.15) is 39.4 Å². The lowest BCUT2D eigenvalue weighted by atomic mass is 10.1. The fraction of sp³-hybridized carbons (Fsp3) is 0.727. The van der Waals surface area contributed by atoms with Gasteiger partial charge in [0.2, 0.25) is 11.7 Å². The molecule has 0 aliphatic carbocycles. The van der Waals surface area contributed by atoms with E-state index in [1.807, 2.05) is 20.8 Å². The van der Waals surface area contributed by atoms with E-state index in [0.29, 0.717) is 19.0 Å². The smallest absolute Gasteiger partial charge is 0.315 e. The molecule has 0 spiro atoms. The Balaban J connectivity index is 2.68. The van der Waals surface area contributed by atoms with Crippen molar-refractivity contribution in [1.29, 1.82) is 0 Å². The van der Waals surface area contributed by atoms with Gasteiger partial charge in [0.1, 0.15) is 12.0 Å². The third kappa shape index (κ3) is 3.81. The van der Waals surface area contributed by atoms with Gasteiger partial charge in [0.25, 0.3) is 0 Å². The van der Waals surface area contributed by atoms with Crippen LogP contribution in [0.4, 0.5) is 0 Å². The monoisotopic (exact) mass is 242 g/mol. The highest BCUT2D eigenvalue weighted by molar-refractivity contribution is 5.71. The van der Waals surface area contributed by atoms with Crippen molar-refractivity contribution in [2.45, 2.75) is 39.7 Å². The summed E-state index contributed by atoms with van der Waals surface area (Å²) in [5, 5.41) is 3.80. The van der Waals surface area contributed by atoms with Gasteiger partial charge in [-0.25, -0.2) is 0 Å². The van der Waals surface area contributed by atoms with E-state index in [4.69, 9.17) is 14.0 Å². The third-order valence-corrected chi connectivity index (χ3v) is 2.11. The van der Waals surface area contributed by atoms with Crippen LogP contribution in [0.2, 0.25) is 0 Å². The molecule has 17 heavy (non-hydrogen) atoms. The van der Waals surface area contributed by atoms with Crippen molar-refractivity contribution in [2.75, 3.05) is 13.2 Å². The molecule has 1 aromatic heterocycles. The molecule has 0 radical (unpaired) electrons. The van der Waals surface area contributed by atoms with Crippen LogP contribution in [0.25, 0.3) is 0 Å². The minimum Gasteiger partial charge on any atom is -0.466 e. The van der Waals surface area contributed by atoms with E-state index >= 15 is 0 Å². The van der Waals surface area contributed by atoms with Crippen molar-refractivity contribution in [3.05, 3.63) is 11.7 Å². The highest BCUT2D eigenvalue weighted by Gasteiger charge is 2.27. The minimum absolute atomic E-state index is 0.0109. The lowest BCUT2D eigenvalue weighted by Crippen LogP contribution is -2.23. The van der Waals surface area contributed by atoms with Crippen molar-refractivity contribution in [3.63, 3.8) is 0 Å². The zero-order chi connectivity index (χ0) is 12.9. The molecule has 0 N–H and O–H groups in total. The van der Waals surface area contributed by atoms with Gasteiger partial charge in [0.15, 0.2) is 0 Å². The number of aromatic nitrogens is 2. The largest absolute Gasteiger partial charge is 0.466 e. The van der Waals surface area contributed by atoms with Crippen molar-refractivity contribution >= 4 is 5.97 Å². The van der Waals surface area contributed by atoms with E-state index in [1.165, 1.54) is 0 Å². The summed E-state index contributed by atoms with van der Waals surface area (Å²) < 4.78 is 15.2. The fourth-order valence-corrected chi connectivity index (χ4v) is 1.33. The molecular weight excluding hydrogens is 224 g/mol. The lowest BCUT2D eigenvalue weighted by molar-refractivity contribution is -0.142. The lowest BCUT2D eigenvalue weighted by Gasteiger charge is -2.19. The zero-order valence-corrected chi connectivity index (χ0v) is 10.6. The van der Waals surface area contributed by atoms with E-state index in [9.17, 15) is 4.79 Å². The number of rotatable bonds is 6. The van der Waals surface area contributed by atoms with Crippen LogP contribution in [-0.4, -0.2) is 29.3 Å². The summed E-state index contributed by atoms with van der Waals surface area (Å²) in [6, 6.07) is 0. The molecular formula is C11H18N2O4. The predicted octanol–water partition coefficient (Wildman–Crippen LogP) is 1.45. The van der Waals surface area contributed by atoms with Crippen molar-refractivity contribution in [1.82, 2.24) is 10.1 Å². The maximum atomic E-state index is 11.2. The van der Waals surface area contributed by atoms with E-state index < -0.39 is 5.60 Å². The highest BCUT2D eigenvalue weighted by Crippen LogP contribution is 2.21. The van der Waals surface area contributed by atoms with Crippen LogP contribution in [0.15, 0.2) is 4.52 Å². The quantitative estimate of drug-likeness (QED) is 0.703. The highest BCUT2D eigenvalue weighted by atomic mass is 16.5. The normalized spacial score (nSPS) is 11.5. The summed E-state index contributed by atoms with van der Waals surface area (Å²) in [6.45, 7) is 8.21. The van der Waals surface area contributed by atoms with Crippen molar-refractivity contribution in [2.24, 2.45) is 0 Å². The predicted molar refractivity (Wildman–Crippen MR) is 59.3 cm³/mol. The van der Waals surface area contributed by atoms with Gasteiger partial charge in [-0.3, -0.25) is 4.79 Å². The topological polar surface area (TPSA) is 74.5 Å². The number of hydrogen-bond acceptors (Lipinski definition) is 6. The van der Waals surface area contributed by atoms with E-state index in [-0.39, 0.29) is 18.3 Å². The average molecular weight is 242 g/mol.